The molecule has 0 rings (SSSR count). The van der Waals surface area contributed by atoms with Gasteiger partial charge < -0.3 is 15.2 Å². The summed E-state index contributed by atoms with van der Waals surface area (Å²) in [4.78, 5) is 22.5. The van der Waals surface area contributed by atoms with Gasteiger partial charge in [0.2, 0.25) is 0 Å². The first-order valence-corrected chi connectivity index (χ1v) is 6.23. The predicted octanol–water partition coefficient (Wildman–Crippen LogP) is 1.72. The van der Waals surface area contributed by atoms with Gasteiger partial charge in [-0.2, -0.15) is 11.8 Å². The van der Waals surface area contributed by atoms with E-state index < -0.39 is 23.2 Å². The van der Waals surface area contributed by atoms with Gasteiger partial charge in [-0.1, -0.05) is 0 Å². The number of aliphatic carboxylic acids is 1. The Kier molecular flexibility index (Phi) is 5.12. The fourth-order valence-electron chi connectivity index (χ4n) is 0.969. The van der Waals surface area contributed by atoms with E-state index in [4.69, 9.17) is 9.84 Å². The maximum absolute atomic E-state index is 11.4. The van der Waals surface area contributed by atoms with Gasteiger partial charge >= 0.3 is 12.1 Å². The van der Waals surface area contributed by atoms with E-state index in [1.807, 2.05) is 0 Å². The van der Waals surface area contributed by atoms with Gasteiger partial charge in [0.15, 0.2) is 0 Å². The molecule has 0 fully saturated rings. The number of alkyl carbamates (subject to hydrolysis) is 1. The van der Waals surface area contributed by atoms with Crippen molar-refractivity contribution >= 4 is 23.8 Å². The summed E-state index contributed by atoms with van der Waals surface area (Å²) >= 11 is 1.35. The molecule has 5 nitrogen and oxygen atoms in total. The highest BCUT2D eigenvalue weighted by Crippen LogP contribution is 2.13. The number of carboxylic acids is 1. The molecule has 0 spiro atoms. The number of hydrogen-bond acceptors (Lipinski definition) is 4. The maximum Gasteiger partial charge on any atom is 0.408 e. The zero-order valence-corrected chi connectivity index (χ0v) is 11.1. The maximum atomic E-state index is 11.4. The average molecular weight is 249 g/mol. The molecule has 0 aliphatic heterocycles. The third-order valence-corrected chi connectivity index (χ3v) is 2.55. The van der Waals surface area contributed by atoms with Crippen LogP contribution in [0.25, 0.3) is 0 Å². The first-order chi connectivity index (χ1) is 7.10. The van der Waals surface area contributed by atoms with Crippen LogP contribution in [0.4, 0.5) is 4.79 Å². The second-order valence-electron chi connectivity index (χ2n) is 4.70. The third kappa shape index (κ3) is 5.25. The highest BCUT2D eigenvalue weighted by molar-refractivity contribution is 7.98. The minimum atomic E-state index is -1.30. The summed E-state index contributed by atoms with van der Waals surface area (Å²) in [6.07, 6.45) is 1.06. The van der Waals surface area contributed by atoms with E-state index in [2.05, 4.69) is 5.32 Å². The number of rotatable bonds is 4. The first kappa shape index (κ1) is 15.1. The van der Waals surface area contributed by atoms with Gasteiger partial charge in [-0.05, 0) is 34.0 Å². The smallest absolute Gasteiger partial charge is 0.408 e. The zero-order chi connectivity index (χ0) is 13.0. The summed E-state index contributed by atoms with van der Waals surface area (Å²) in [5, 5.41) is 11.4. The molecule has 0 unspecified atom stereocenters. The normalized spacial score (nSPS) is 15.1. The number of hydrogen-bond donors (Lipinski definition) is 2. The molecule has 6 heteroatoms. The van der Waals surface area contributed by atoms with Crippen LogP contribution in [0.1, 0.15) is 27.7 Å². The number of thioether (sulfide) groups is 1. The van der Waals surface area contributed by atoms with E-state index in [0.29, 0.717) is 0 Å². The number of amides is 1. The lowest BCUT2D eigenvalue weighted by atomic mass is 10.1. The monoisotopic (exact) mass is 249 g/mol. The molecule has 2 N–H and O–H groups in total. The summed E-state index contributed by atoms with van der Waals surface area (Å²) in [6.45, 7) is 6.62. The van der Waals surface area contributed by atoms with E-state index in [9.17, 15) is 9.59 Å². The molecule has 1 atom stereocenters. The molecular weight excluding hydrogens is 230 g/mol. The number of carboxylic acid groups (broad SMARTS) is 1. The van der Waals surface area contributed by atoms with Crippen LogP contribution in [-0.4, -0.2) is 40.3 Å². The standard InChI is InChI=1S/C10H19NO4S/c1-9(2,3)15-8(14)11-10(4,6-16-5)7(12)13/h6H2,1-5H3,(H,11,14)(H,12,13)/t10-/m0/s1. The van der Waals surface area contributed by atoms with Gasteiger partial charge in [0.1, 0.15) is 11.1 Å². The second-order valence-corrected chi connectivity index (χ2v) is 5.56. The molecule has 0 aromatic heterocycles. The second kappa shape index (κ2) is 5.43. The molecule has 16 heavy (non-hydrogen) atoms. The van der Waals surface area contributed by atoms with Crippen molar-refractivity contribution in [2.45, 2.75) is 38.8 Å². The van der Waals surface area contributed by atoms with Crippen molar-refractivity contribution in [3.05, 3.63) is 0 Å². The first-order valence-electron chi connectivity index (χ1n) is 4.84. The largest absolute Gasteiger partial charge is 0.479 e. The van der Waals surface area contributed by atoms with Gasteiger partial charge in [0, 0.05) is 5.75 Å². The molecule has 0 saturated heterocycles. The van der Waals surface area contributed by atoms with E-state index in [1.165, 1.54) is 18.7 Å². The predicted molar refractivity (Wildman–Crippen MR) is 63.8 cm³/mol. The number of carbonyl (C=O) groups excluding carboxylic acids is 1. The van der Waals surface area contributed by atoms with Crippen molar-refractivity contribution in [3.8, 4) is 0 Å². The Balaban J connectivity index is 4.53. The Hall–Kier alpha value is -0.910. The van der Waals surface area contributed by atoms with Gasteiger partial charge in [0.25, 0.3) is 0 Å². The minimum Gasteiger partial charge on any atom is -0.479 e. The Morgan fingerprint density at radius 3 is 2.12 bits per heavy atom. The number of nitrogens with one attached hydrogen (secondary N) is 1. The van der Waals surface area contributed by atoms with Crippen LogP contribution < -0.4 is 5.32 Å². The van der Waals surface area contributed by atoms with Crippen molar-refractivity contribution in [3.63, 3.8) is 0 Å². The molecule has 0 heterocycles. The molecule has 0 saturated carbocycles. The lowest BCUT2D eigenvalue weighted by Crippen LogP contribution is -2.55. The molecule has 0 aliphatic rings. The van der Waals surface area contributed by atoms with E-state index >= 15 is 0 Å². The van der Waals surface area contributed by atoms with Crippen molar-refractivity contribution in [1.29, 1.82) is 0 Å². The lowest BCUT2D eigenvalue weighted by molar-refractivity contribution is -0.143. The fraction of sp³-hybridized carbons (Fsp3) is 0.800. The summed E-state index contributed by atoms with van der Waals surface area (Å²) in [7, 11) is 0. The van der Waals surface area contributed by atoms with Crippen molar-refractivity contribution in [2.75, 3.05) is 12.0 Å². The third-order valence-electron chi connectivity index (χ3n) is 1.68. The lowest BCUT2D eigenvalue weighted by Gasteiger charge is -2.27. The minimum absolute atomic E-state index is 0.279. The van der Waals surface area contributed by atoms with Crippen LogP contribution in [0.5, 0.6) is 0 Å². The molecule has 1 amide bonds. The molecule has 0 radical (unpaired) electrons. The quantitative estimate of drug-likeness (QED) is 0.793. The van der Waals surface area contributed by atoms with Crippen molar-refractivity contribution in [1.82, 2.24) is 5.32 Å². The fourth-order valence-corrected chi connectivity index (χ4v) is 1.74. The Morgan fingerprint density at radius 2 is 1.81 bits per heavy atom. The van der Waals surface area contributed by atoms with Crippen molar-refractivity contribution < 1.29 is 19.4 Å². The Morgan fingerprint density at radius 1 is 1.31 bits per heavy atom. The molecular formula is C10H19NO4S. The number of carbonyl (C=O) groups is 2. The van der Waals surface area contributed by atoms with Crippen molar-refractivity contribution in [2.24, 2.45) is 0 Å². The molecule has 0 aliphatic carbocycles. The highest BCUT2D eigenvalue weighted by atomic mass is 32.2. The molecule has 0 aromatic carbocycles. The van der Waals surface area contributed by atoms with Crippen LogP contribution in [-0.2, 0) is 9.53 Å². The summed E-state index contributed by atoms with van der Waals surface area (Å²) in [5.41, 5.74) is -1.94. The van der Waals surface area contributed by atoms with Crippen LogP contribution in [0.15, 0.2) is 0 Å². The summed E-state index contributed by atoms with van der Waals surface area (Å²) < 4.78 is 5.01. The van der Waals surface area contributed by atoms with Crippen LogP contribution in [0.3, 0.4) is 0 Å². The summed E-state index contributed by atoms with van der Waals surface area (Å²) in [6, 6.07) is 0. The van der Waals surface area contributed by atoms with E-state index in [1.54, 1.807) is 27.0 Å². The Bertz CT molecular complexity index is 274. The summed E-state index contributed by atoms with van der Waals surface area (Å²) in [5.74, 6) is -0.797. The van der Waals surface area contributed by atoms with Gasteiger partial charge in [-0.3, -0.25) is 0 Å². The molecule has 0 bridgehead atoms. The van der Waals surface area contributed by atoms with Gasteiger partial charge in [-0.15, -0.1) is 0 Å². The topological polar surface area (TPSA) is 75.6 Å². The SMILES string of the molecule is CSC[C@](C)(NC(=O)OC(C)(C)C)C(=O)O. The average Bonchev–Trinajstić information content (AvgIpc) is 1.99. The van der Waals surface area contributed by atoms with Crippen LogP contribution in [0, 0.1) is 0 Å². The van der Waals surface area contributed by atoms with Crippen LogP contribution in [0.2, 0.25) is 0 Å². The Labute approximate surface area is 99.9 Å². The van der Waals surface area contributed by atoms with E-state index in [-0.39, 0.29) is 5.75 Å². The van der Waals surface area contributed by atoms with Gasteiger partial charge in [-0.25, -0.2) is 9.59 Å². The zero-order valence-electron chi connectivity index (χ0n) is 10.3. The van der Waals surface area contributed by atoms with Gasteiger partial charge in [0.05, 0.1) is 0 Å². The highest BCUT2D eigenvalue weighted by Gasteiger charge is 2.35. The number of ether oxygens (including phenoxy) is 1. The molecule has 94 valence electrons. The molecule has 0 aromatic rings. The van der Waals surface area contributed by atoms with Crippen LogP contribution >= 0.6 is 11.8 Å². The van der Waals surface area contributed by atoms with E-state index in [0.717, 1.165) is 0 Å².